The Hall–Kier alpha value is -2.21. The second-order valence-electron chi connectivity index (χ2n) is 3.73. The van der Waals surface area contributed by atoms with Gasteiger partial charge in [0.2, 0.25) is 11.7 Å². The van der Waals surface area contributed by atoms with E-state index in [1.165, 1.54) is 38.5 Å². The summed E-state index contributed by atoms with van der Waals surface area (Å²) in [6.07, 6.45) is 0. The van der Waals surface area contributed by atoms with Crippen LogP contribution in [0.5, 0.6) is 0 Å². The molecule has 0 fully saturated rings. The number of oxazole rings is 1. The van der Waals surface area contributed by atoms with Crippen molar-refractivity contribution in [2.75, 3.05) is 14.2 Å². The molecular formula is C13H12FNO4. The molecule has 100 valence electrons. The van der Waals surface area contributed by atoms with Crippen LogP contribution >= 0.6 is 0 Å². The highest BCUT2D eigenvalue weighted by molar-refractivity contribution is 5.87. The van der Waals surface area contributed by atoms with Gasteiger partial charge in [0.05, 0.1) is 13.7 Å². The standard InChI is InChI=1S/C13H12FNO4/c1-17-7-10-11(13(16)18-2)19-12(15-10)8-3-5-9(14)6-4-8/h3-6H,7H2,1-2H3. The summed E-state index contributed by atoms with van der Waals surface area (Å²) in [5, 5.41) is 0. The molecule has 0 unspecified atom stereocenters. The molecule has 5 nitrogen and oxygen atoms in total. The van der Waals surface area contributed by atoms with Gasteiger partial charge in [0.1, 0.15) is 11.5 Å². The lowest BCUT2D eigenvalue weighted by atomic mass is 10.2. The van der Waals surface area contributed by atoms with Gasteiger partial charge in [-0.25, -0.2) is 14.2 Å². The molecule has 0 aliphatic carbocycles. The van der Waals surface area contributed by atoms with Crippen LogP contribution in [0.3, 0.4) is 0 Å². The Balaban J connectivity index is 2.41. The first kappa shape index (κ1) is 13.2. The zero-order valence-corrected chi connectivity index (χ0v) is 10.5. The number of halogens is 1. The Kier molecular flexibility index (Phi) is 3.91. The number of methoxy groups -OCH3 is 2. The summed E-state index contributed by atoms with van der Waals surface area (Å²) in [6, 6.07) is 5.60. The molecule has 1 aromatic heterocycles. The number of hydrogen-bond donors (Lipinski definition) is 0. The Labute approximate surface area is 109 Å². The van der Waals surface area contributed by atoms with Gasteiger partial charge >= 0.3 is 5.97 Å². The summed E-state index contributed by atoms with van der Waals surface area (Å²) >= 11 is 0. The van der Waals surface area contributed by atoms with Gasteiger partial charge in [-0.15, -0.1) is 0 Å². The maximum absolute atomic E-state index is 12.8. The number of nitrogens with zero attached hydrogens (tertiary/aromatic N) is 1. The number of rotatable bonds is 4. The molecule has 0 atom stereocenters. The normalized spacial score (nSPS) is 10.5. The third-order valence-corrected chi connectivity index (χ3v) is 2.44. The van der Waals surface area contributed by atoms with Crippen LogP contribution < -0.4 is 0 Å². The SMILES string of the molecule is COCc1nc(-c2ccc(F)cc2)oc1C(=O)OC. The van der Waals surface area contributed by atoms with Crippen LogP contribution in [-0.2, 0) is 16.1 Å². The van der Waals surface area contributed by atoms with E-state index in [0.29, 0.717) is 11.3 Å². The third-order valence-electron chi connectivity index (χ3n) is 2.44. The number of carbonyl (C=O) groups is 1. The maximum atomic E-state index is 12.8. The molecule has 1 heterocycles. The number of esters is 1. The summed E-state index contributed by atoms with van der Waals surface area (Å²) in [6.45, 7) is 0.120. The summed E-state index contributed by atoms with van der Waals surface area (Å²) in [5.74, 6) is -0.787. The fourth-order valence-electron chi connectivity index (χ4n) is 1.55. The predicted molar refractivity (Wildman–Crippen MR) is 63.9 cm³/mol. The highest BCUT2D eigenvalue weighted by atomic mass is 19.1. The van der Waals surface area contributed by atoms with E-state index in [1.54, 1.807) is 0 Å². The van der Waals surface area contributed by atoms with E-state index in [0.717, 1.165) is 0 Å². The maximum Gasteiger partial charge on any atom is 0.376 e. The van der Waals surface area contributed by atoms with Crippen LogP contribution in [0.1, 0.15) is 16.2 Å². The second-order valence-corrected chi connectivity index (χ2v) is 3.73. The fourth-order valence-corrected chi connectivity index (χ4v) is 1.55. The van der Waals surface area contributed by atoms with Gasteiger partial charge < -0.3 is 13.9 Å². The van der Waals surface area contributed by atoms with E-state index in [9.17, 15) is 9.18 Å². The second kappa shape index (κ2) is 5.62. The Morgan fingerprint density at radius 1 is 1.32 bits per heavy atom. The summed E-state index contributed by atoms with van der Waals surface area (Å²) < 4.78 is 27.7. The van der Waals surface area contributed by atoms with Crippen LogP contribution in [0, 0.1) is 5.82 Å². The lowest BCUT2D eigenvalue weighted by molar-refractivity contribution is 0.0559. The Morgan fingerprint density at radius 2 is 2.00 bits per heavy atom. The van der Waals surface area contributed by atoms with Crippen molar-refractivity contribution in [1.29, 1.82) is 0 Å². The van der Waals surface area contributed by atoms with E-state index < -0.39 is 5.97 Å². The van der Waals surface area contributed by atoms with Crippen molar-refractivity contribution in [2.45, 2.75) is 6.61 Å². The minimum Gasteiger partial charge on any atom is -0.463 e. The number of carbonyl (C=O) groups excluding carboxylic acids is 1. The van der Waals surface area contributed by atoms with Crippen LogP contribution in [0.2, 0.25) is 0 Å². The van der Waals surface area contributed by atoms with Gasteiger partial charge in [0.25, 0.3) is 0 Å². The quantitative estimate of drug-likeness (QED) is 0.794. The van der Waals surface area contributed by atoms with Crippen molar-refractivity contribution >= 4 is 5.97 Å². The molecule has 0 saturated heterocycles. The molecule has 0 aliphatic rings. The van der Waals surface area contributed by atoms with Crippen molar-refractivity contribution in [3.63, 3.8) is 0 Å². The molecule has 19 heavy (non-hydrogen) atoms. The number of aromatic nitrogens is 1. The van der Waals surface area contributed by atoms with Crippen LogP contribution in [0.4, 0.5) is 4.39 Å². The van der Waals surface area contributed by atoms with Crippen LogP contribution in [0.25, 0.3) is 11.5 Å². The van der Waals surface area contributed by atoms with Crippen LogP contribution in [0.15, 0.2) is 28.7 Å². The van der Waals surface area contributed by atoms with E-state index in [4.69, 9.17) is 9.15 Å². The largest absolute Gasteiger partial charge is 0.463 e. The topological polar surface area (TPSA) is 61.6 Å². The average Bonchev–Trinajstić information content (AvgIpc) is 2.83. The minimum atomic E-state index is -0.632. The molecule has 1 aromatic carbocycles. The predicted octanol–water partition coefficient (Wildman–Crippen LogP) is 2.41. The van der Waals surface area contributed by atoms with Crippen molar-refractivity contribution < 1.29 is 23.1 Å². The first-order valence-corrected chi connectivity index (χ1v) is 5.48. The molecule has 0 radical (unpaired) electrons. The average molecular weight is 265 g/mol. The zero-order chi connectivity index (χ0) is 13.8. The van der Waals surface area contributed by atoms with Gasteiger partial charge in [0, 0.05) is 12.7 Å². The molecule has 0 aliphatic heterocycles. The smallest absolute Gasteiger partial charge is 0.376 e. The molecule has 2 aromatic rings. The first-order valence-electron chi connectivity index (χ1n) is 5.48. The zero-order valence-electron chi connectivity index (χ0n) is 10.5. The molecule has 0 amide bonds. The number of benzene rings is 1. The number of hydrogen-bond acceptors (Lipinski definition) is 5. The van der Waals surface area contributed by atoms with Gasteiger partial charge in [-0.05, 0) is 24.3 Å². The highest BCUT2D eigenvalue weighted by Crippen LogP contribution is 2.23. The van der Waals surface area contributed by atoms with E-state index in [-0.39, 0.29) is 24.1 Å². The third kappa shape index (κ3) is 2.79. The Morgan fingerprint density at radius 3 is 2.58 bits per heavy atom. The van der Waals surface area contributed by atoms with Crippen molar-refractivity contribution in [1.82, 2.24) is 4.98 Å². The van der Waals surface area contributed by atoms with E-state index >= 15 is 0 Å². The molecular weight excluding hydrogens is 253 g/mol. The molecule has 0 bridgehead atoms. The number of ether oxygens (including phenoxy) is 2. The molecule has 2 rings (SSSR count). The monoisotopic (exact) mass is 265 g/mol. The van der Waals surface area contributed by atoms with Gasteiger partial charge in [-0.2, -0.15) is 0 Å². The van der Waals surface area contributed by atoms with Gasteiger partial charge in [0.15, 0.2) is 0 Å². The first-order chi connectivity index (χ1) is 9.15. The lowest BCUT2D eigenvalue weighted by Gasteiger charge is -1.96. The highest BCUT2D eigenvalue weighted by Gasteiger charge is 2.21. The summed E-state index contributed by atoms with van der Waals surface area (Å²) in [7, 11) is 2.73. The summed E-state index contributed by atoms with van der Waals surface area (Å²) in [5.41, 5.74) is 0.905. The molecule has 0 spiro atoms. The van der Waals surface area contributed by atoms with Gasteiger partial charge in [-0.3, -0.25) is 0 Å². The van der Waals surface area contributed by atoms with Gasteiger partial charge in [-0.1, -0.05) is 0 Å². The van der Waals surface area contributed by atoms with E-state index in [2.05, 4.69) is 9.72 Å². The van der Waals surface area contributed by atoms with Crippen LogP contribution in [-0.4, -0.2) is 25.2 Å². The molecule has 0 saturated carbocycles. The minimum absolute atomic E-state index is 0.0105. The van der Waals surface area contributed by atoms with Crippen molar-refractivity contribution in [3.8, 4) is 11.5 Å². The van der Waals surface area contributed by atoms with E-state index in [1.807, 2.05) is 0 Å². The lowest BCUT2D eigenvalue weighted by Crippen LogP contribution is -2.04. The van der Waals surface area contributed by atoms with Crippen molar-refractivity contribution in [2.24, 2.45) is 0 Å². The summed E-state index contributed by atoms with van der Waals surface area (Å²) in [4.78, 5) is 15.7. The Bertz CT molecular complexity index is 577. The fraction of sp³-hybridized carbons (Fsp3) is 0.231. The molecule has 0 N–H and O–H groups in total. The molecule has 6 heteroatoms. The van der Waals surface area contributed by atoms with Crippen molar-refractivity contribution in [3.05, 3.63) is 41.5 Å².